The molecule has 1 atom stereocenters. The molecule has 0 aliphatic rings. The van der Waals surface area contributed by atoms with Crippen molar-refractivity contribution < 1.29 is 28.0 Å². The van der Waals surface area contributed by atoms with Crippen LogP contribution in [0, 0.1) is 16.0 Å². The number of hydrogen-bond acceptors (Lipinski definition) is 6. The molecule has 1 aromatic rings. The van der Waals surface area contributed by atoms with Crippen molar-refractivity contribution in [3.8, 4) is 0 Å². The van der Waals surface area contributed by atoms with E-state index in [1.807, 2.05) is 18.6 Å². The standard InChI is InChI=1S/C15H21N3O7S/c1-10(2)9-16-14(19)8-7-13(15(20)21)17-26(24,25)12-5-3-11(4-6-12)18(22)23/h3-6,10,13,17H,7-9H2,1-2H3,(H,16,19)(H,20,21)/t13-/m1/s1. The van der Waals surface area contributed by atoms with Crippen LogP contribution >= 0.6 is 0 Å². The number of carboxylic acids is 1. The highest BCUT2D eigenvalue weighted by Crippen LogP contribution is 2.16. The van der Waals surface area contributed by atoms with Gasteiger partial charge in [-0.1, -0.05) is 13.8 Å². The van der Waals surface area contributed by atoms with E-state index in [4.69, 9.17) is 0 Å². The van der Waals surface area contributed by atoms with E-state index in [0.29, 0.717) is 6.54 Å². The molecule has 0 fully saturated rings. The van der Waals surface area contributed by atoms with Crippen LogP contribution in [-0.4, -0.2) is 42.9 Å². The molecule has 26 heavy (non-hydrogen) atoms. The van der Waals surface area contributed by atoms with Crippen molar-refractivity contribution >= 4 is 27.6 Å². The van der Waals surface area contributed by atoms with Crippen molar-refractivity contribution in [3.05, 3.63) is 34.4 Å². The summed E-state index contributed by atoms with van der Waals surface area (Å²) < 4.78 is 26.5. The van der Waals surface area contributed by atoms with Gasteiger partial charge in [-0.2, -0.15) is 4.72 Å². The van der Waals surface area contributed by atoms with Crippen LogP contribution in [0.4, 0.5) is 5.69 Å². The van der Waals surface area contributed by atoms with Crippen LogP contribution in [0.1, 0.15) is 26.7 Å². The van der Waals surface area contributed by atoms with Crippen LogP contribution in [0.5, 0.6) is 0 Å². The van der Waals surface area contributed by atoms with E-state index in [0.717, 1.165) is 24.3 Å². The maximum Gasteiger partial charge on any atom is 0.321 e. The minimum absolute atomic E-state index is 0.160. The molecule has 0 saturated carbocycles. The van der Waals surface area contributed by atoms with E-state index in [9.17, 15) is 33.2 Å². The first-order valence-corrected chi connectivity index (χ1v) is 9.27. The first-order valence-electron chi connectivity index (χ1n) is 7.79. The SMILES string of the molecule is CC(C)CNC(=O)CC[C@@H](NS(=O)(=O)c1ccc([N+](=O)[O-])cc1)C(=O)O. The zero-order valence-electron chi connectivity index (χ0n) is 14.3. The van der Waals surface area contributed by atoms with Gasteiger partial charge >= 0.3 is 5.97 Å². The Bertz CT molecular complexity index is 760. The lowest BCUT2D eigenvalue weighted by Gasteiger charge is -2.15. The number of benzene rings is 1. The van der Waals surface area contributed by atoms with Gasteiger partial charge in [0.2, 0.25) is 15.9 Å². The summed E-state index contributed by atoms with van der Waals surface area (Å²) >= 11 is 0. The molecule has 0 heterocycles. The fourth-order valence-electron chi connectivity index (χ4n) is 1.92. The fourth-order valence-corrected chi connectivity index (χ4v) is 3.14. The molecule has 144 valence electrons. The minimum Gasteiger partial charge on any atom is -0.480 e. The Labute approximate surface area is 150 Å². The second kappa shape index (κ2) is 9.25. The Hall–Kier alpha value is -2.53. The highest BCUT2D eigenvalue weighted by Gasteiger charge is 2.26. The van der Waals surface area contributed by atoms with E-state index in [1.165, 1.54) is 0 Å². The summed E-state index contributed by atoms with van der Waals surface area (Å²) in [4.78, 5) is 32.6. The number of nitro groups is 1. The molecule has 0 aromatic heterocycles. The maximum absolute atomic E-state index is 12.2. The molecule has 0 saturated heterocycles. The zero-order valence-corrected chi connectivity index (χ0v) is 15.2. The number of nitro benzene ring substituents is 1. The van der Waals surface area contributed by atoms with Gasteiger partial charge in [0, 0.05) is 25.1 Å². The van der Waals surface area contributed by atoms with Crippen molar-refractivity contribution in [1.29, 1.82) is 0 Å². The van der Waals surface area contributed by atoms with Crippen LogP contribution in [0.2, 0.25) is 0 Å². The first-order chi connectivity index (χ1) is 12.0. The van der Waals surface area contributed by atoms with Gasteiger partial charge < -0.3 is 10.4 Å². The highest BCUT2D eigenvalue weighted by molar-refractivity contribution is 7.89. The van der Waals surface area contributed by atoms with E-state index in [1.54, 1.807) is 0 Å². The Kier molecular flexibility index (Phi) is 7.65. The number of carbonyl (C=O) groups excluding carboxylic acids is 1. The lowest BCUT2D eigenvalue weighted by Crippen LogP contribution is -2.41. The number of nitrogens with one attached hydrogen (secondary N) is 2. The number of carboxylic acid groups (broad SMARTS) is 1. The topological polar surface area (TPSA) is 156 Å². The van der Waals surface area contributed by atoms with Crippen molar-refractivity contribution in [2.24, 2.45) is 5.92 Å². The molecule has 11 heteroatoms. The predicted molar refractivity (Wildman–Crippen MR) is 91.9 cm³/mol. The van der Waals surface area contributed by atoms with Crippen molar-refractivity contribution in [2.45, 2.75) is 37.6 Å². The van der Waals surface area contributed by atoms with Gasteiger partial charge in [0.05, 0.1) is 9.82 Å². The van der Waals surface area contributed by atoms with Crippen molar-refractivity contribution in [2.75, 3.05) is 6.54 Å². The highest BCUT2D eigenvalue weighted by atomic mass is 32.2. The number of carbonyl (C=O) groups is 2. The third-order valence-corrected chi connectivity index (χ3v) is 4.81. The summed E-state index contributed by atoms with van der Waals surface area (Å²) in [5.74, 6) is -1.57. The quantitative estimate of drug-likeness (QED) is 0.397. The number of aliphatic carboxylic acids is 1. The van der Waals surface area contributed by atoms with Crippen LogP contribution < -0.4 is 10.0 Å². The van der Waals surface area contributed by atoms with Gasteiger partial charge in [-0.05, 0) is 24.5 Å². The van der Waals surface area contributed by atoms with Crippen LogP contribution in [0.25, 0.3) is 0 Å². The van der Waals surface area contributed by atoms with Gasteiger partial charge in [0.25, 0.3) is 5.69 Å². The smallest absolute Gasteiger partial charge is 0.321 e. The summed E-state index contributed by atoms with van der Waals surface area (Å²) in [5, 5.41) is 22.4. The first kappa shape index (κ1) is 21.5. The molecule has 0 unspecified atom stereocenters. The maximum atomic E-state index is 12.2. The van der Waals surface area contributed by atoms with Gasteiger partial charge in [0.15, 0.2) is 0 Å². The summed E-state index contributed by atoms with van der Waals surface area (Å²) in [6.45, 7) is 4.24. The number of non-ortho nitro benzene ring substituents is 1. The average Bonchev–Trinajstić information content (AvgIpc) is 2.56. The Balaban J connectivity index is 2.77. The lowest BCUT2D eigenvalue weighted by molar-refractivity contribution is -0.384. The minimum atomic E-state index is -4.21. The van der Waals surface area contributed by atoms with E-state index >= 15 is 0 Å². The fraction of sp³-hybridized carbons (Fsp3) is 0.467. The number of amides is 1. The second-order valence-corrected chi connectivity index (χ2v) is 7.71. The van der Waals surface area contributed by atoms with Gasteiger partial charge in [-0.25, -0.2) is 8.42 Å². The molecule has 1 rings (SSSR count). The normalized spacial score (nSPS) is 12.6. The van der Waals surface area contributed by atoms with Crippen LogP contribution in [0.3, 0.4) is 0 Å². The Morgan fingerprint density at radius 3 is 2.27 bits per heavy atom. The number of nitrogens with zero attached hydrogens (tertiary/aromatic N) is 1. The van der Waals surface area contributed by atoms with E-state index in [-0.39, 0.29) is 35.2 Å². The molecule has 0 spiro atoms. The molecular formula is C15H21N3O7S. The molecule has 10 nitrogen and oxygen atoms in total. The largest absolute Gasteiger partial charge is 0.480 e. The molecular weight excluding hydrogens is 366 g/mol. The van der Waals surface area contributed by atoms with Gasteiger partial charge in [0.1, 0.15) is 6.04 Å². The average molecular weight is 387 g/mol. The number of hydrogen-bond donors (Lipinski definition) is 3. The van der Waals surface area contributed by atoms with Gasteiger partial charge in [-0.15, -0.1) is 0 Å². The molecule has 1 aromatic carbocycles. The van der Waals surface area contributed by atoms with E-state index in [2.05, 4.69) is 5.32 Å². The number of rotatable bonds is 10. The molecule has 0 radical (unpaired) electrons. The summed E-state index contributed by atoms with van der Waals surface area (Å²) in [7, 11) is -4.21. The molecule has 0 bridgehead atoms. The third kappa shape index (κ3) is 6.76. The van der Waals surface area contributed by atoms with Gasteiger partial charge in [-0.3, -0.25) is 19.7 Å². The van der Waals surface area contributed by atoms with Crippen LogP contribution in [-0.2, 0) is 19.6 Å². The monoisotopic (exact) mass is 387 g/mol. The van der Waals surface area contributed by atoms with Crippen LogP contribution in [0.15, 0.2) is 29.2 Å². The molecule has 1 amide bonds. The van der Waals surface area contributed by atoms with E-state index < -0.39 is 27.0 Å². The van der Waals surface area contributed by atoms with Crippen molar-refractivity contribution in [3.63, 3.8) is 0 Å². The van der Waals surface area contributed by atoms with Crippen molar-refractivity contribution in [1.82, 2.24) is 10.0 Å². The molecule has 3 N–H and O–H groups in total. The number of sulfonamides is 1. The summed E-state index contributed by atoms with van der Waals surface area (Å²) in [5.41, 5.74) is -0.291. The molecule has 0 aliphatic carbocycles. The Morgan fingerprint density at radius 2 is 1.81 bits per heavy atom. The third-order valence-electron chi connectivity index (χ3n) is 3.32. The summed E-state index contributed by atoms with van der Waals surface area (Å²) in [6.07, 6.45) is -0.391. The Morgan fingerprint density at radius 1 is 1.23 bits per heavy atom. The summed E-state index contributed by atoms with van der Waals surface area (Å²) in [6, 6.07) is 2.52. The molecule has 0 aliphatic heterocycles. The second-order valence-electron chi connectivity index (χ2n) is 6.00. The predicted octanol–water partition coefficient (Wildman–Crippen LogP) is 0.879. The lowest BCUT2D eigenvalue weighted by atomic mass is 10.1. The zero-order chi connectivity index (χ0) is 19.9.